The number of likely N-dealkylation sites (N-methyl/N-ethyl adjacent to an activating group) is 1. The van der Waals surface area contributed by atoms with Crippen molar-refractivity contribution in [2.24, 2.45) is 5.41 Å². The zero-order valence-corrected chi connectivity index (χ0v) is 13.2. The third kappa shape index (κ3) is 3.73. The van der Waals surface area contributed by atoms with Crippen LogP contribution in [-0.4, -0.2) is 74.9 Å². The van der Waals surface area contributed by atoms with E-state index in [4.69, 9.17) is 4.74 Å². The van der Waals surface area contributed by atoms with Gasteiger partial charge in [0.15, 0.2) is 0 Å². The van der Waals surface area contributed by atoms with Gasteiger partial charge in [-0.05, 0) is 45.1 Å². The number of hydrogen-bond acceptors (Lipinski definition) is 4. The Bertz CT molecular complexity index is 313. The molecule has 2 heterocycles. The first-order chi connectivity index (χ1) is 9.67. The summed E-state index contributed by atoms with van der Waals surface area (Å²) in [6.07, 6.45) is 5.23. The van der Waals surface area contributed by atoms with Gasteiger partial charge in [-0.15, -0.1) is 0 Å². The second-order valence-electron chi connectivity index (χ2n) is 7.35. The van der Waals surface area contributed by atoms with Crippen LogP contribution in [0.25, 0.3) is 0 Å². The Morgan fingerprint density at radius 1 is 1.20 bits per heavy atom. The average Bonchev–Trinajstić information content (AvgIpc) is 3.25. The smallest absolute Gasteiger partial charge is 0.0472 e. The van der Waals surface area contributed by atoms with Crippen molar-refractivity contribution < 1.29 is 4.74 Å². The molecular weight excluding hydrogens is 250 g/mol. The second kappa shape index (κ2) is 6.30. The molecule has 1 atom stereocenters. The van der Waals surface area contributed by atoms with Crippen molar-refractivity contribution in [1.82, 2.24) is 15.1 Å². The van der Waals surface area contributed by atoms with Crippen LogP contribution in [0.5, 0.6) is 0 Å². The summed E-state index contributed by atoms with van der Waals surface area (Å²) in [5.41, 5.74) is 0.449. The van der Waals surface area contributed by atoms with Gasteiger partial charge < -0.3 is 15.0 Å². The molecule has 20 heavy (non-hydrogen) atoms. The predicted octanol–water partition coefficient (Wildman–Crippen LogP) is 1.17. The highest BCUT2D eigenvalue weighted by Crippen LogP contribution is 2.33. The molecule has 0 radical (unpaired) electrons. The summed E-state index contributed by atoms with van der Waals surface area (Å²) >= 11 is 0. The Morgan fingerprint density at radius 2 is 1.95 bits per heavy atom. The van der Waals surface area contributed by atoms with E-state index >= 15 is 0 Å². The third-order valence-corrected chi connectivity index (χ3v) is 5.40. The Kier molecular flexibility index (Phi) is 4.65. The number of ether oxygens (including phenoxy) is 1. The Morgan fingerprint density at radius 3 is 2.60 bits per heavy atom. The fourth-order valence-corrected chi connectivity index (χ4v) is 3.69. The molecule has 3 fully saturated rings. The van der Waals surface area contributed by atoms with Crippen LogP contribution in [0.4, 0.5) is 0 Å². The van der Waals surface area contributed by atoms with Crippen molar-refractivity contribution in [3.63, 3.8) is 0 Å². The zero-order chi connectivity index (χ0) is 14.0. The minimum absolute atomic E-state index is 0.449. The molecule has 2 saturated heterocycles. The number of nitrogens with one attached hydrogen (secondary N) is 1. The van der Waals surface area contributed by atoms with E-state index < -0.39 is 0 Å². The van der Waals surface area contributed by atoms with Crippen molar-refractivity contribution in [3.05, 3.63) is 0 Å². The summed E-state index contributed by atoms with van der Waals surface area (Å²) in [6, 6.07) is 1.51. The fourth-order valence-electron chi connectivity index (χ4n) is 3.69. The SMILES string of the molecule is CC1CN(C)CCN1CC1(CNC2CC2)CCOCC1. The van der Waals surface area contributed by atoms with Gasteiger partial charge in [0.25, 0.3) is 0 Å². The molecule has 0 aromatic heterocycles. The van der Waals surface area contributed by atoms with Gasteiger partial charge in [0, 0.05) is 58.0 Å². The Balaban J connectivity index is 1.59. The molecule has 4 nitrogen and oxygen atoms in total. The van der Waals surface area contributed by atoms with E-state index in [2.05, 4.69) is 29.1 Å². The summed E-state index contributed by atoms with van der Waals surface area (Å²) < 4.78 is 5.63. The molecule has 0 spiro atoms. The number of nitrogens with zero attached hydrogens (tertiary/aromatic N) is 2. The molecule has 4 heteroatoms. The quantitative estimate of drug-likeness (QED) is 0.819. The number of hydrogen-bond donors (Lipinski definition) is 1. The fraction of sp³-hybridized carbons (Fsp3) is 1.00. The van der Waals surface area contributed by atoms with Crippen LogP contribution in [-0.2, 0) is 4.74 Å². The maximum atomic E-state index is 5.63. The molecule has 3 rings (SSSR count). The van der Waals surface area contributed by atoms with Gasteiger partial charge in [0.2, 0.25) is 0 Å². The standard InChI is InChI=1S/C16H31N3O/c1-14-11-18(2)7-8-19(14)13-16(5-9-20-10-6-16)12-17-15-3-4-15/h14-15,17H,3-13H2,1-2H3. The minimum atomic E-state index is 0.449. The lowest BCUT2D eigenvalue weighted by atomic mass is 9.79. The van der Waals surface area contributed by atoms with Crippen molar-refractivity contribution in [2.75, 3.05) is 53.0 Å². The van der Waals surface area contributed by atoms with Gasteiger partial charge in [-0.2, -0.15) is 0 Å². The van der Waals surface area contributed by atoms with E-state index in [1.807, 2.05) is 0 Å². The summed E-state index contributed by atoms with van der Waals surface area (Å²) in [5.74, 6) is 0. The summed E-state index contributed by atoms with van der Waals surface area (Å²) in [7, 11) is 2.24. The van der Waals surface area contributed by atoms with Crippen molar-refractivity contribution in [3.8, 4) is 0 Å². The third-order valence-electron chi connectivity index (χ3n) is 5.40. The lowest BCUT2D eigenvalue weighted by molar-refractivity contribution is -0.0220. The maximum Gasteiger partial charge on any atom is 0.0472 e. The van der Waals surface area contributed by atoms with E-state index in [0.717, 1.165) is 19.3 Å². The highest BCUT2D eigenvalue weighted by atomic mass is 16.5. The van der Waals surface area contributed by atoms with Crippen molar-refractivity contribution >= 4 is 0 Å². The van der Waals surface area contributed by atoms with E-state index in [1.54, 1.807) is 0 Å². The van der Waals surface area contributed by atoms with Crippen molar-refractivity contribution in [1.29, 1.82) is 0 Å². The zero-order valence-electron chi connectivity index (χ0n) is 13.2. The predicted molar refractivity (Wildman–Crippen MR) is 82.0 cm³/mol. The first-order valence-corrected chi connectivity index (χ1v) is 8.41. The summed E-state index contributed by atoms with van der Waals surface area (Å²) in [6.45, 7) is 10.4. The second-order valence-corrected chi connectivity index (χ2v) is 7.35. The molecule has 1 saturated carbocycles. The van der Waals surface area contributed by atoms with Crippen LogP contribution in [0.1, 0.15) is 32.6 Å². The first kappa shape index (κ1) is 14.8. The minimum Gasteiger partial charge on any atom is -0.381 e. The van der Waals surface area contributed by atoms with Crippen LogP contribution in [0, 0.1) is 5.41 Å². The van der Waals surface area contributed by atoms with Gasteiger partial charge in [-0.3, -0.25) is 4.90 Å². The van der Waals surface area contributed by atoms with E-state index in [0.29, 0.717) is 11.5 Å². The van der Waals surface area contributed by atoms with Crippen molar-refractivity contribution in [2.45, 2.75) is 44.7 Å². The van der Waals surface area contributed by atoms with Gasteiger partial charge in [0.05, 0.1) is 0 Å². The highest BCUT2D eigenvalue weighted by molar-refractivity contribution is 4.93. The number of piperazine rings is 1. The topological polar surface area (TPSA) is 27.7 Å². The van der Waals surface area contributed by atoms with Crippen LogP contribution < -0.4 is 5.32 Å². The highest BCUT2D eigenvalue weighted by Gasteiger charge is 2.37. The average molecular weight is 281 g/mol. The van der Waals surface area contributed by atoms with E-state index in [-0.39, 0.29) is 0 Å². The maximum absolute atomic E-state index is 5.63. The van der Waals surface area contributed by atoms with E-state index in [9.17, 15) is 0 Å². The normalized spacial score (nSPS) is 32.4. The number of rotatable bonds is 5. The van der Waals surface area contributed by atoms with Gasteiger partial charge in [0.1, 0.15) is 0 Å². The molecule has 116 valence electrons. The molecule has 0 bridgehead atoms. The van der Waals surface area contributed by atoms with Gasteiger partial charge in [-0.25, -0.2) is 0 Å². The monoisotopic (exact) mass is 281 g/mol. The lowest BCUT2D eigenvalue weighted by Crippen LogP contribution is -2.56. The molecule has 1 unspecified atom stereocenters. The van der Waals surface area contributed by atoms with Crippen LogP contribution >= 0.6 is 0 Å². The summed E-state index contributed by atoms with van der Waals surface area (Å²) in [5, 5.41) is 3.79. The summed E-state index contributed by atoms with van der Waals surface area (Å²) in [4.78, 5) is 5.18. The lowest BCUT2D eigenvalue weighted by Gasteiger charge is -2.46. The van der Waals surface area contributed by atoms with Crippen LogP contribution in [0.15, 0.2) is 0 Å². The van der Waals surface area contributed by atoms with Gasteiger partial charge >= 0.3 is 0 Å². The van der Waals surface area contributed by atoms with Gasteiger partial charge in [-0.1, -0.05) is 0 Å². The molecule has 0 aromatic rings. The Hall–Kier alpha value is -0.160. The Labute approximate surface area is 123 Å². The molecule has 3 aliphatic rings. The molecule has 1 aliphatic carbocycles. The molecule has 1 N–H and O–H groups in total. The molecular formula is C16H31N3O. The van der Waals surface area contributed by atoms with Crippen LogP contribution in [0.2, 0.25) is 0 Å². The molecule has 2 aliphatic heterocycles. The molecule has 0 aromatic carbocycles. The molecule has 0 amide bonds. The van der Waals surface area contributed by atoms with Crippen LogP contribution in [0.3, 0.4) is 0 Å². The largest absolute Gasteiger partial charge is 0.381 e. The van der Waals surface area contributed by atoms with E-state index in [1.165, 1.54) is 58.4 Å². The first-order valence-electron chi connectivity index (χ1n) is 8.41.